The van der Waals surface area contributed by atoms with Crippen LogP contribution in [-0.2, 0) is 9.53 Å². The van der Waals surface area contributed by atoms with Crippen molar-refractivity contribution < 1.29 is 14.6 Å². The van der Waals surface area contributed by atoms with Gasteiger partial charge in [-0.1, -0.05) is 0 Å². The zero-order valence-corrected chi connectivity index (χ0v) is 13.5. The fourth-order valence-electron chi connectivity index (χ4n) is 3.67. The maximum atomic E-state index is 11.5. The third-order valence-corrected chi connectivity index (χ3v) is 4.91. The SMILES string of the molecule is O=C(O)C1CCCN1c1nccc2cc(N3CCOCC3)ccc12. The molecule has 1 N–H and O–H groups in total. The average Bonchev–Trinajstić information content (AvgIpc) is 3.11. The molecule has 1 aromatic heterocycles. The van der Waals surface area contributed by atoms with E-state index in [1.54, 1.807) is 6.20 Å². The molecule has 3 heterocycles. The summed E-state index contributed by atoms with van der Waals surface area (Å²) in [5.41, 5.74) is 1.18. The number of hydrogen-bond acceptors (Lipinski definition) is 5. The first kappa shape index (κ1) is 15.2. The summed E-state index contributed by atoms with van der Waals surface area (Å²) in [5, 5.41) is 11.6. The van der Waals surface area contributed by atoms with Crippen LogP contribution in [0, 0.1) is 0 Å². The number of morpholine rings is 1. The van der Waals surface area contributed by atoms with Crippen molar-refractivity contribution in [3.8, 4) is 0 Å². The van der Waals surface area contributed by atoms with Gasteiger partial charge in [-0.05, 0) is 42.5 Å². The van der Waals surface area contributed by atoms with E-state index in [2.05, 4.69) is 28.1 Å². The Morgan fingerprint density at radius 1 is 1.21 bits per heavy atom. The van der Waals surface area contributed by atoms with Crippen molar-refractivity contribution in [3.05, 3.63) is 30.5 Å². The number of anilines is 2. The summed E-state index contributed by atoms with van der Waals surface area (Å²) < 4.78 is 5.42. The summed E-state index contributed by atoms with van der Waals surface area (Å²) in [7, 11) is 0. The van der Waals surface area contributed by atoms with Gasteiger partial charge in [-0.15, -0.1) is 0 Å². The van der Waals surface area contributed by atoms with Crippen molar-refractivity contribution in [2.45, 2.75) is 18.9 Å². The maximum Gasteiger partial charge on any atom is 0.326 e. The molecule has 0 radical (unpaired) electrons. The average molecular weight is 327 g/mol. The Bertz CT molecular complexity index is 758. The van der Waals surface area contributed by atoms with Crippen LogP contribution in [-0.4, -0.2) is 54.9 Å². The summed E-state index contributed by atoms with van der Waals surface area (Å²) in [6.07, 6.45) is 3.35. The highest BCUT2D eigenvalue weighted by molar-refractivity contribution is 5.95. The summed E-state index contributed by atoms with van der Waals surface area (Å²) in [4.78, 5) is 20.2. The molecule has 24 heavy (non-hydrogen) atoms. The summed E-state index contributed by atoms with van der Waals surface area (Å²) >= 11 is 0. The van der Waals surface area contributed by atoms with Gasteiger partial charge in [0.15, 0.2) is 0 Å². The zero-order valence-electron chi connectivity index (χ0n) is 13.5. The molecular formula is C18H21N3O3. The first-order valence-corrected chi connectivity index (χ1v) is 8.45. The second kappa shape index (κ2) is 6.28. The van der Waals surface area contributed by atoms with E-state index in [-0.39, 0.29) is 0 Å². The van der Waals surface area contributed by atoms with Crippen molar-refractivity contribution in [3.63, 3.8) is 0 Å². The second-order valence-corrected chi connectivity index (χ2v) is 6.33. The number of fused-ring (bicyclic) bond motifs is 1. The molecule has 126 valence electrons. The van der Waals surface area contributed by atoms with Crippen LogP contribution in [0.1, 0.15) is 12.8 Å². The standard InChI is InChI=1S/C18H21N3O3/c22-18(23)16-2-1-7-21(16)17-15-4-3-14(12-13(15)5-6-19-17)20-8-10-24-11-9-20/h3-6,12,16H,1-2,7-11H2,(H,22,23). The van der Waals surface area contributed by atoms with Gasteiger partial charge in [0.1, 0.15) is 11.9 Å². The van der Waals surface area contributed by atoms with Gasteiger partial charge >= 0.3 is 5.97 Å². The Labute approximate surface area is 140 Å². The predicted molar refractivity (Wildman–Crippen MR) is 92.8 cm³/mol. The van der Waals surface area contributed by atoms with E-state index in [9.17, 15) is 9.90 Å². The molecule has 2 aliphatic heterocycles. The normalized spacial score (nSPS) is 21.4. The molecule has 2 aromatic rings. The highest BCUT2D eigenvalue weighted by Gasteiger charge is 2.32. The zero-order chi connectivity index (χ0) is 16.5. The molecule has 6 nitrogen and oxygen atoms in total. The molecule has 0 spiro atoms. The lowest BCUT2D eigenvalue weighted by molar-refractivity contribution is -0.138. The lowest BCUT2D eigenvalue weighted by Crippen LogP contribution is -2.36. The van der Waals surface area contributed by atoms with Crippen LogP contribution in [0.25, 0.3) is 10.8 Å². The maximum absolute atomic E-state index is 11.5. The summed E-state index contributed by atoms with van der Waals surface area (Å²) in [6, 6.07) is 7.86. The van der Waals surface area contributed by atoms with Crippen molar-refractivity contribution in [1.29, 1.82) is 0 Å². The number of rotatable bonds is 3. The molecule has 2 fully saturated rings. The Hall–Kier alpha value is -2.34. The lowest BCUT2D eigenvalue weighted by Gasteiger charge is -2.29. The molecule has 0 aliphatic carbocycles. The number of ether oxygens (including phenoxy) is 1. The van der Waals surface area contributed by atoms with Crippen molar-refractivity contribution in [1.82, 2.24) is 4.98 Å². The Morgan fingerprint density at radius 3 is 2.83 bits per heavy atom. The van der Waals surface area contributed by atoms with E-state index in [1.807, 2.05) is 11.0 Å². The fraction of sp³-hybridized carbons (Fsp3) is 0.444. The van der Waals surface area contributed by atoms with Gasteiger partial charge in [-0.3, -0.25) is 0 Å². The van der Waals surface area contributed by atoms with Crippen LogP contribution in [0.5, 0.6) is 0 Å². The van der Waals surface area contributed by atoms with E-state index in [0.29, 0.717) is 6.42 Å². The third kappa shape index (κ3) is 2.67. The van der Waals surface area contributed by atoms with Gasteiger partial charge in [0.05, 0.1) is 13.2 Å². The monoisotopic (exact) mass is 327 g/mol. The molecular weight excluding hydrogens is 306 g/mol. The molecule has 4 rings (SSSR count). The van der Waals surface area contributed by atoms with E-state index in [1.165, 1.54) is 5.69 Å². The van der Waals surface area contributed by atoms with E-state index in [0.717, 1.165) is 55.9 Å². The number of hydrogen-bond donors (Lipinski definition) is 1. The molecule has 6 heteroatoms. The van der Waals surface area contributed by atoms with Gasteiger partial charge in [-0.25, -0.2) is 9.78 Å². The molecule has 1 unspecified atom stereocenters. The Kier molecular flexibility index (Phi) is 3.98. The van der Waals surface area contributed by atoms with Gasteiger partial charge in [-0.2, -0.15) is 0 Å². The van der Waals surface area contributed by atoms with E-state index in [4.69, 9.17) is 4.74 Å². The number of aliphatic carboxylic acids is 1. The van der Waals surface area contributed by atoms with Crippen molar-refractivity contribution in [2.75, 3.05) is 42.6 Å². The molecule has 0 amide bonds. The van der Waals surface area contributed by atoms with Gasteiger partial charge in [0, 0.05) is 36.9 Å². The second-order valence-electron chi connectivity index (χ2n) is 6.33. The number of carbonyl (C=O) groups is 1. The van der Waals surface area contributed by atoms with Crippen molar-refractivity contribution in [2.24, 2.45) is 0 Å². The number of benzene rings is 1. The minimum absolute atomic E-state index is 0.470. The van der Waals surface area contributed by atoms with E-state index < -0.39 is 12.0 Å². The third-order valence-electron chi connectivity index (χ3n) is 4.91. The van der Waals surface area contributed by atoms with Crippen LogP contribution in [0.3, 0.4) is 0 Å². The van der Waals surface area contributed by atoms with Crippen LogP contribution >= 0.6 is 0 Å². The molecule has 2 saturated heterocycles. The molecule has 0 bridgehead atoms. The predicted octanol–water partition coefficient (Wildman–Crippen LogP) is 2.12. The smallest absolute Gasteiger partial charge is 0.326 e. The molecule has 0 saturated carbocycles. The van der Waals surface area contributed by atoms with E-state index >= 15 is 0 Å². The Morgan fingerprint density at radius 2 is 2.04 bits per heavy atom. The molecule has 1 aromatic carbocycles. The van der Waals surface area contributed by atoms with Gasteiger partial charge < -0.3 is 19.6 Å². The highest BCUT2D eigenvalue weighted by atomic mass is 16.5. The number of carboxylic acids is 1. The first-order chi connectivity index (χ1) is 11.7. The number of carboxylic acid groups (broad SMARTS) is 1. The summed E-state index contributed by atoms with van der Waals surface area (Å²) in [6.45, 7) is 4.06. The summed E-state index contributed by atoms with van der Waals surface area (Å²) in [5.74, 6) is 0.0159. The molecule has 1 atom stereocenters. The molecule has 2 aliphatic rings. The van der Waals surface area contributed by atoms with Crippen molar-refractivity contribution >= 4 is 28.2 Å². The van der Waals surface area contributed by atoms with Gasteiger partial charge in [0.25, 0.3) is 0 Å². The first-order valence-electron chi connectivity index (χ1n) is 8.45. The number of pyridine rings is 1. The topological polar surface area (TPSA) is 65.9 Å². The fourth-order valence-corrected chi connectivity index (χ4v) is 3.67. The highest BCUT2D eigenvalue weighted by Crippen LogP contribution is 2.32. The minimum atomic E-state index is -0.767. The largest absolute Gasteiger partial charge is 0.480 e. The van der Waals surface area contributed by atoms with Crippen LogP contribution < -0.4 is 9.80 Å². The lowest BCUT2D eigenvalue weighted by atomic mass is 10.1. The van der Waals surface area contributed by atoms with Crippen LogP contribution in [0.15, 0.2) is 30.5 Å². The van der Waals surface area contributed by atoms with Crippen LogP contribution in [0.2, 0.25) is 0 Å². The number of aromatic nitrogens is 1. The minimum Gasteiger partial charge on any atom is -0.480 e. The van der Waals surface area contributed by atoms with Gasteiger partial charge in [0.2, 0.25) is 0 Å². The Balaban J connectivity index is 1.71. The quantitative estimate of drug-likeness (QED) is 0.931. The van der Waals surface area contributed by atoms with Crippen LogP contribution in [0.4, 0.5) is 11.5 Å². The number of nitrogens with zero attached hydrogens (tertiary/aromatic N) is 3.